The van der Waals surface area contributed by atoms with Gasteiger partial charge in [-0.1, -0.05) is 6.07 Å². The van der Waals surface area contributed by atoms with E-state index in [0.717, 1.165) is 42.9 Å². The predicted octanol–water partition coefficient (Wildman–Crippen LogP) is 4.77. The molecule has 0 N–H and O–H groups in total. The van der Waals surface area contributed by atoms with Gasteiger partial charge in [-0.05, 0) is 50.2 Å². The third kappa shape index (κ3) is 4.71. The molecule has 6 heteroatoms. The summed E-state index contributed by atoms with van der Waals surface area (Å²) in [5.41, 5.74) is 2.19. The molecule has 2 fully saturated rings. The first-order chi connectivity index (χ1) is 12.9. The zero-order valence-corrected chi connectivity index (χ0v) is 16.2. The first kappa shape index (κ1) is 19.9. The molecule has 0 unspecified atom stereocenters. The molecule has 0 spiro atoms. The Bertz CT molecular complexity index is 647. The smallest absolute Gasteiger partial charge is 0.309 e. The van der Waals surface area contributed by atoms with Crippen LogP contribution in [0.3, 0.4) is 0 Å². The van der Waals surface area contributed by atoms with Gasteiger partial charge in [-0.2, -0.15) is 0 Å². The molecule has 27 heavy (non-hydrogen) atoms. The minimum atomic E-state index is -2.53. The van der Waals surface area contributed by atoms with Gasteiger partial charge in [0.1, 0.15) is 5.75 Å². The van der Waals surface area contributed by atoms with Crippen molar-refractivity contribution in [2.24, 2.45) is 5.92 Å². The molecule has 0 bridgehead atoms. The lowest BCUT2D eigenvalue weighted by atomic mass is 9.81. The molecule has 1 saturated carbocycles. The molecule has 2 aliphatic rings. The normalized spacial score (nSPS) is 21.1. The Morgan fingerprint density at radius 1 is 1.19 bits per heavy atom. The van der Waals surface area contributed by atoms with Crippen molar-refractivity contribution in [1.29, 1.82) is 0 Å². The zero-order chi connectivity index (χ0) is 19.4. The van der Waals surface area contributed by atoms with Crippen LogP contribution in [0.5, 0.6) is 5.75 Å². The fourth-order valence-corrected chi connectivity index (χ4v) is 4.24. The molecule has 0 aromatic heterocycles. The minimum Gasteiger partial charge on any atom is -0.497 e. The fraction of sp³-hybridized carbons (Fsp3) is 0.667. The van der Waals surface area contributed by atoms with E-state index in [9.17, 15) is 13.6 Å². The highest BCUT2D eigenvalue weighted by Crippen LogP contribution is 2.44. The number of esters is 1. The van der Waals surface area contributed by atoms with Crippen molar-refractivity contribution in [2.45, 2.75) is 57.3 Å². The molecule has 3 rings (SSSR count). The summed E-state index contributed by atoms with van der Waals surface area (Å²) < 4.78 is 37.7. The van der Waals surface area contributed by atoms with Gasteiger partial charge in [0.15, 0.2) is 0 Å². The van der Waals surface area contributed by atoms with E-state index >= 15 is 0 Å². The highest BCUT2D eigenvalue weighted by atomic mass is 19.3. The van der Waals surface area contributed by atoms with E-state index in [-0.39, 0.29) is 30.6 Å². The molecule has 0 atom stereocenters. The summed E-state index contributed by atoms with van der Waals surface area (Å²) in [6.07, 6.45) is 2.41. The highest BCUT2D eigenvalue weighted by Gasteiger charge is 2.37. The third-order valence-corrected chi connectivity index (χ3v) is 5.85. The lowest BCUT2D eigenvalue weighted by Crippen LogP contribution is -2.37. The molecule has 1 aromatic carbocycles. The number of alkyl halides is 2. The van der Waals surface area contributed by atoms with Crippen molar-refractivity contribution in [3.63, 3.8) is 0 Å². The van der Waals surface area contributed by atoms with Crippen molar-refractivity contribution in [2.75, 3.05) is 31.7 Å². The molecule has 1 saturated heterocycles. The van der Waals surface area contributed by atoms with Crippen LogP contribution in [-0.4, -0.2) is 38.7 Å². The maximum Gasteiger partial charge on any atom is 0.309 e. The molecule has 1 aromatic rings. The summed E-state index contributed by atoms with van der Waals surface area (Å²) in [5, 5.41) is 0. The van der Waals surface area contributed by atoms with Crippen molar-refractivity contribution >= 4 is 11.7 Å². The monoisotopic (exact) mass is 381 g/mol. The number of rotatable bonds is 5. The molecule has 4 nitrogen and oxygen atoms in total. The number of anilines is 1. The summed E-state index contributed by atoms with van der Waals surface area (Å²) in [4.78, 5) is 14.2. The van der Waals surface area contributed by atoms with Gasteiger partial charge in [-0.25, -0.2) is 8.78 Å². The van der Waals surface area contributed by atoms with Crippen molar-refractivity contribution in [1.82, 2.24) is 0 Å². The summed E-state index contributed by atoms with van der Waals surface area (Å²) in [6, 6.07) is 5.95. The lowest BCUT2D eigenvalue weighted by molar-refractivity contribution is -0.148. The topological polar surface area (TPSA) is 38.8 Å². The van der Waals surface area contributed by atoms with E-state index in [1.54, 1.807) is 7.11 Å². The van der Waals surface area contributed by atoms with Gasteiger partial charge in [0.25, 0.3) is 0 Å². The van der Waals surface area contributed by atoms with Gasteiger partial charge < -0.3 is 14.4 Å². The van der Waals surface area contributed by atoms with Gasteiger partial charge in [-0.3, -0.25) is 4.79 Å². The molecule has 0 radical (unpaired) electrons. The number of methoxy groups -OCH3 is 1. The summed E-state index contributed by atoms with van der Waals surface area (Å²) in [6.45, 7) is 3.74. The summed E-state index contributed by atoms with van der Waals surface area (Å²) in [7, 11) is 1.63. The van der Waals surface area contributed by atoms with Crippen LogP contribution in [0.4, 0.5) is 14.5 Å². The van der Waals surface area contributed by atoms with Crippen LogP contribution < -0.4 is 9.64 Å². The van der Waals surface area contributed by atoms with Gasteiger partial charge in [0.05, 0.1) is 19.6 Å². The Morgan fingerprint density at radius 3 is 2.44 bits per heavy atom. The molecular formula is C21H29F2NO3. The largest absolute Gasteiger partial charge is 0.497 e. The molecule has 0 amide bonds. The van der Waals surface area contributed by atoms with Crippen LogP contribution in [0, 0.1) is 5.92 Å². The number of hydrogen-bond donors (Lipinski definition) is 0. The van der Waals surface area contributed by atoms with E-state index in [0.29, 0.717) is 19.4 Å². The van der Waals surface area contributed by atoms with Crippen molar-refractivity contribution in [3.05, 3.63) is 23.8 Å². The number of carbonyl (C=O) groups excluding carboxylic acids is 1. The maximum absolute atomic E-state index is 13.6. The second kappa shape index (κ2) is 8.44. The number of halogens is 2. The number of hydrogen-bond acceptors (Lipinski definition) is 4. The highest BCUT2D eigenvalue weighted by molar-refractivity contribution is 5.73. The average molecular weight is 381 g/mol. The SMILES string of the molecule is CCOC(=O)C1CCN(c2cc(OC)ccc2C2CCC(F)(F)CC2)CC1. The van der Waals surface area contributed by atoms with Crippen LogP contribution in [0.15, 0.2) is 18.2 Å². The fourth-order valence-electron chi connectivity index (χ4n) is 4.24. The molecular weight excluding hydrogens is 352 g/mol. The van der Waals surface area contributed by atoms with Crippen molar-refractivity contribution in [3.8, 4) is 5.75 Å². The lowest BCUT2D eigenvalue weighted by Gasteiger charge is -2.36. The number of benzene rings is 1. The van der Waals surface area contributed by atoms with Crippen LogP contribution in [-0.2, 0) is 9.53 Å². The Hall–Kier alpha value is -1.85. The van der Waals surface area contributed by atoms with Gasteiger partial charge >= 0.3 is 5.97 Å². The van der Waals surface area contributed by atoms with Crippen LogP contribution in [0.2, 0.25) is 0 Å². The van der Waals surface area contributed by atoms with E-state index in [4.69, 9.17) is 9.47 Å². The van der Waals surface area contributed by atoms with Crippen LogP contribution in [0.25, 0.3) is 0 Å². The van der Waals surface area contributed by atoms with E-state index < -0.39 is 5.92 Å². The second-order valence-corrected chi connectivity index (χ2v) is 7.57. The van der Waals surface area contributed by atoms with E-state index in [1.807, 2.05) is 25.1 Å². The average Bonchev–Trinajstić information content (AvgIpc) is 2.68. The molecule has 150 valence electrons. The Balaban J connectivity index is 1.75. The first-order valence-electron chi connectivity index (χ1n) is 9.91. The van der Waals surface area contributed by atoms with Crippen LogP contribution in [0.1, 0.15) is 56.9 Å². The summed E-state index contributed by atoms with van der Waals surface area (Å²) in [5.74, 6) is -1.78. The minimum absolute atomic E-state index is 0.0476. The van der Waals surface area contributed by atoms with Crippen molar-refractivity contribution < 1.29 is 23.0 Å². The van der Waals surface area contributed by atoms with Gasteiger partial charge in [0, 0.05) is 37.7 Å². The number of carbonyl (C=O) groups is 1. The van der Waals surface area contributed by atoms with Crippen LogP contribution >= 0.6 is 0 Å². The van der Waals surface area contributed by atoms with Gasteiger partial charge in [-0.15, -0.1) is 0 Å². The Morgan fingerprint density at radius 2 is 1.85 bits per heavy atom. The maximum atomic E-state index is 13.6. The third-order valence-electron chi connectivity index (χ3n) is 5.85. The Kier molecular flexibility index (Phi) is 6.22. The second-order valence-electron chi connectivity index (χ2n) is 7.57. The molecule has 1 heterocycles. The number of piperidine rings is 1. The standard InChI is InChI=1S/C21H29F2NO3/c1-3-27-20(25)16-8-12-24(13-9-16)19-14-17(26-2)4-5-18(19)15-6-10-21(22,23)11-7-15/h4-5,14-16H,3,6-13H2,1-2H3. The Labute approximate surface area is 159 Å². The zero-order valence-electron chi connectivity index (χ0n) is 16.2. The van der Waals surface area contributed by atoms with E-state index in [2.05, 4.69) is 4.90 Å². The predicted molar refractivity (Wildman–Crippen MR) is 101 cm³/mol. The summed E-state index contributed by atoms with van der Waals surface area (Å²) >= 11 is 0. The molecule has 1 aliphatic carbocycles. The first-order valence-corrected chi connectivity index (χ1v) is 9.91. The molecule has 1 aliphatic heterocycles. The number of ether oxygens (including phenoxy) is 2. The quantitative estimate of drug-likeness (QED) is 0.689. The van der Waals surface area contributed by atoms with E-state index in [1.165, 1.54) is 0 Å². The number of nitrogens with zero attached hydrogens (tertiary/aromatic N) is 1. The van der Waals surface area contributed by atoms with Gasteiger partial charge in [0.2, 0.25) is 5.92 Å².